The molecule has 8 aromatic rings. The molecule has 0 saturated heterocycles. The molecule has 0 amide bonds. The first-order valence-electron chi connectivity index (χ1n) is 20.4. The van der Waals surface area contributed by atoms with E-state index in [1.165, 1.54) is 20.9 Å². The summed E-state index contributed by atoms with van der Waals surface area (Å²) in [6.07, 6.45) is 3.77. The van der Waals surface area contributed by atoms with Gasteiger partial charge in [0.25, 0.3) is 0 Å². The SMILES string of the molecule is CNCc1ccccc1-c1ccc(C(C)Nc2nc(C)nc3cc(OC)c(OC)cc23)s1.COc1cc2nc(C)nc(NC(C)c3csc(-c4cnn(CCO)c4)c3)c2cc1OC. The summed E-state index contributed by atoms with van der Waals surface area (Å²) in [7, 11) is 8.46. The van der Waals surface area contributed by atoms with E-state index in [2.05, 4.69) is 103 Å². The second-order valence-corrected chi connectivity index (χ2v) is 16.8. The summed E-state index contributed by atoms with van der Waals surface area (Å²) in [4.78, 5) is 22.1. The van der Waals surface area contributed by atoms with Crippen LogP contribution in [0.15, 0.2) is 84.5 Å². The maximum Gasteiger partial charge on any atom is 0.162 e. The molecule has 0 aliphatic rings. The second-order valence-electron chi connectivity index (χ2n) is 14.8. The molecule has 0 saturated carbocycles. The topological polar surface area (TPSA) is 163 Å². The fourth-order valence-electron chi connectivity index (χ4n) is 7.21. The molecule has 0 fully saturated rings. The van der Waals surface area contributed by atoms with E-state index >= 15 is 0 Å². The van der Waals surface area contributed by atoms with Crippen molar-refractivity contribution in [1.82, 2.24) is 35.0 Å². The fourth-order valence-corrected chi connectivity index (χ4v) is 9.26. The van der Waals surface area contributed by atoms with Gasteiger partial charge in [-0.2, -0.15) is 5.10 Å². The summed E-state index contributed by atoms with van der Waals surface area (Å²) in [5.41, 5.74) is 6.37. The van der Waals surface area contributed by atoms with Gasteiger partial charge in [0.15, 0.2) is 23.0 Å². The predicted octanol–water partition coefficient (Wildman–Crippen LogP) is 9.62. The van der Waals surface area contributed by atoms with E-state index in [0.717, 1.165) is 56.0 Å². The Labute approximate surface area is 375 Å². The summed E-state index contributed by atoms with van der Waals surface area (Å²) in [6.45, 7) is 9.43. The molecule has 0 aliphatic carbocycles. The van der Waals surface area contributed by atoms with Crippen molar-refractivity contribution in [2.24, 2.45) is 0 Å². The number of hydrogen-bond acceptors (Lipinski definition) is 15. The molecule has 2 atom stereocenters. The Morgan fingerprint density at radius 3 is 1.89 bits per heavy atom. The lowest BCUT2D eigenvalue weighted by molar-refractivity contribution is 0.269. The first-order chi connectivity index (χ1) is 30.5. The number of ether oxygens (including phenoxy) is 4. The molecular formula is C47H53N9O5S2. The van der Waals surface area contributed by atoms with Crippen LogP contribution in [0.1, 0.15) is 53.6 Å². The van der Waals surface area contributed by atoms with E-state index in [-0.39, 0.29) is 18.7 Å². The molecule has 0 aliphatic heterocycles. The van der Waals surface area contributed by atoms with E-state index in [1.54, 1.807) is 55.8 Å². The zero-order valence-electron chi connectivity index (χ0n) is 36.9. The van der Waals surface area contributed by atoms with Crippen LogP contribution in [0.2, 0.25) is 0 Å². The zero-order chi connectivity index (χ0) is 44.6. The van der Waals surface area contributed by atoms with E-state index < -0.39 is 0 Å². The molecule has 5 heterocycles. The highest BCUT2D eigenvalue weighted by Crippen LogP contribution is 2.39. The highest BCUT2D eigenvalue weighted by Gasteiger charge is 2.19. The van der Waals surface area contributed by atoms with Crippen LogP contribution in [0.25, 0.3) is 42.7 Å². The van der Waals surface area contributed by atoms with E-state index in [1.807, 2.05) is 57.6 Å². The lowest BCUT2D eigenvalue weighted by Crippen LogP contribution is -2.09. The van der Waals surface area contributed by atoms with Gasteiger partial charge in [0, 0.05) is 55.8 Å². The Kier molecular flexibility index (Phi) is 14.4. The smallest absolute Gasteiger partial charge is 0.162 e. The Hall–Kier alpha value is -6.33. The molecular weight excluding hydrogens is 835 g/mol. The number of thiophene rings is 2. The van der Waals surface area contributed by atoms with Crippen molar-refractivity contribution in [3.8, 4) is 43.9 Å². The molecule has 16 heteroatoms. The van der Waals surface area contributed by atoms with Crippen LogP contribution in [0.3, 0.4) is 0 Å². The Balaban J connectivity index is 0.000000189. The van der Waals surface area contributed by atoms with Crippen LogP contribution in [0.4, 0.5) is 11.6 Å². The summed E-state index contributed by atoms with van der Waals surface area (Å²) in [5.74, 6) is 5.49. The van der Waals surface area contributed by atoms with Gasteiger partial charge in [-0.05, 0) is 87.1 Å². The van der Waals surface area contributed by atoms with Gasteiger partial charge in [-0.3, -0.25) is 4.68 Å². The van der Waals surface area contributed by atoms with Crippen LogP contribution < -0.4 is 34.9 Å². The first kappa shape index (κ1) is 44.7. The summed E-state index contributed by atoms with van der Waals surface area (Å²) in [6, 6.07) is 22.8. The number of hydrogen-bond donors (Lipinski definition) is 4. The van der Waals surface area contributed by atoms with E-state index in [4.69, 9.17) is 24.1 Å². The highest BCUT2D eigenvalue weighted by atomic mass is 32.1. The number of nitrogens with one attached hydrogen (secondary N) is 3. The van der Waals surface area contributed by atoms with Crippen LogP contribution in [0, 0.1) is 13.8 Å². The number of methoxy groups -OCH3 is 4. The Morgan fingerprint density at radius 1 is 0.714 bits per heavy atom. The number of nitrogens with zero attached hydrogens (tertiary/aromatic N) is 6. The van der Waals surface area contributed by atoms with Gasteiger partial charge >= 0.3 is 0 Å². The van der Waals surface area contributed by atoms with Crippen LogP contribution >= 0.6 is 22.7 Å². The number of aliphatic hydroxyl groups excluding tert-OH is 1. The summed E-state index contributed by atoms with van der Waals surface area (Å²) < 4.78 is 23.5. The van der Waals surface area contributed by atoms with Gasteiger partial charge in [0.05, 0.1) is 70.9 Å². The third-order valence-corrected chi connectivity index (χ3v) is 12.7. The van der Waals surface area contributed by atoms with Gasteiger partial charge in [-0.15, -0.1) is 22.7 Å². The highest BCUT2D eigenvalue weighted by molar-refractivity contribution is 7.15. The number of aliphatic hydroxyl groups is 1. The van der Waals surface area contributed by atoms with Crippen LogP contribution in [0.5, 0.6) is 23.0 Å². The average molecular weight is 888 g/mol. The molecule has 0 bridgehead atoms. The maximum atomic E-state index is 9.08. The number of fused-ring (bicyclic) bond motifs is 2. The van der Waals surface area contributed by atoms with Gasteiger partial charge in [0.1, 0.15) is 23.3 Å². The van der Waals surface area contributed by atoms with Crippen molar-refractivity contribution in [2.75, 3.05) is 52.7 Å². The first-order valence-corrected chi connectivity index (χ1v) is 22.1. The molecule has 4 N–H and O–H groups in total. The number of benzene rings is 3. The Bertz CT molecular complexity index is 2820. The van der Waals surface area contributed by atoms with Gasteiger partial charge in [-0.25, -0.2) is 19.9 Å². The molecule has 2 unspecified atom stereocenters. The Morgan fingerprint density at radius 2 is 1.30 bits per heavy atom. The third kappa shape index (κ3) is 10.2. The average Bonchev–Trinajstić information content (AvgIpc) is 4.09. The van der Waals surface area contributed by atoms with Crippen molar-refractivity contribution in [1.29, 1.82) is 0 Å². The van der Waals surface area contributed by atoms with Crippen LogP contribution in [-0.2, 0) is 13.1 Å². The lowest BCUT2D eigenvalue weighted by atomic mass is 10.1. The standard InChI is InChI=1S/C25H28N4O2S.C22H25N5O3S/c1-15(23-10-11-24(32-23)18-9-7-6-8-17(18)14-26-3)27-25-19-12-21(30-4)22(31-5)13-20(19)28-16(2)29-25;1-13(15-7-21(31-12-15)16-10-23-27(11-16)5-6-28)24-22-17-8-19(29-3)20(30-4)9-18(17)25-14(2)26-22/h6-13,15,26H,14H2,1-5H3,(H,27,28,29);7-13,28H,5-6H2,1-4H3,(H,24,25,26). The maximum absolute atomic E-state index is 9.08. The quantitative estimate of drug-likeness (QED) is 0.0726. The molecule has 63 heavy (non-hydrogen) atoms. The van der Waals surface area contributed by atoms with Crippen LogP contribution in [-0.4, -0.2) is 76.9 Å². The molecule has 14 nitrogen and oxygen atoms in total. The largest absolute Gasteiger partial charge is 0.493 e. The molecule has 0 spiro atoms. The molecule has 5 aromatic heterocycles. The molecule has 8 rings (SSSR count). The number of anilines is 2. The van der Waals surface area contributed by atoms with Gasteiger partial charge in [-0.1, -0.05) is 24.3 Å². The van der Waals surface area contributed by atoms with Gasteiger partial charge in [0.2, 0.25) is 0 Å². The lowest BCUT2D eigenvalue weighted by Gasteiger charge is -2.17. The third-order valence-electron chi connectivity index (χ3n) is 10.4. The number of aryl methyl sites for hydroxylation is 2. The minimum atomic E-state index is 0.0306. The van der Waals surface area contributed by atoms with Crippen molar-refractivity contribution < 1.29 is 24.1 Å². The molecule has 3 aromatic carbocycles. The second kappa shape index (κ2) is 20.2. The normalized spacial score (nSPS) is 12.1. The van der Waals surface area contributed by atoms with E-state index in [0.29, 0.717) is 41.2 Å². The van der Waals surface area contributed by atoms with Crippen molar-refractivity contribution in [2.45, 2.75) is 52.9 Å². The van der Waals surface area contributed by atoms with Crippen molar-refractivity contribution in [3.63, 3.8) is 0 Å². The predicted molar refractivity (Wildman–Crippen MR) is 254 cm³/mol. The van der Waals surface area contributed by atoms with Crippen molar-refractivity contribution in [3.05, 3.63) is 112 Å². The van der Waals surface area contributed by atoms with Crippen molar-refractivity contribution >= 4 is 56.1 Å². The molecule has 0 radical (unpaired) electrons. The van der Waals surface area contributed by atoms with Gasteiger partial charge < -0.3 is 40.0 Å². The monoisotopic (exact) mass is 887 g/mol. The number of aromatic nitrogens is 6. The zero-order valence-corrected chi connectivity index (χ0v) is 38.6. The number of rotatable bonds is 16. The summed E-state index contributed by atoms with van der Waals surface area (Å²) in [5, 5.41) is 27.6. The van der Waals surface area contributed by atoms with E-state index in [9.17, 15) is 0 Å². The molecule has 328 valence electrons. The fraction of sp³-hybridized carbons (Fsp3) is 0.298. The minimum Gasteiger partial charge on any atom is -0.493 e. The minimum absolute atomic E-state index is 0.0306. The summed E-state index contributed by atoms with van der Waals surface area (Å²) >= 11 is 3.46.